The molecule has 0 radical (unpaired) electrons. The number of amides is 2. The van der Waals surface area contributed by atoms with Crippen LogP contribution in [0.15, 0.2) is 94.6 Å². The van der Waals surface area contributed by atoms with Crippen molar-refractivity contribution < 1.29 is 68.8 Å². The van der Waals surface area contributed by atoms with E-state index in [0.29, 0.717) is 57.5 Å². The number of hydrogen-bond donors (Lipinski definition) is 6. The fraction of sp³-hybridized carbons (Fsp3) is 0.531. The molecule has 1 aliphatic carbocycles. The van der Waals surface area contributed by atoms with Crippen LogP contribution in [-0.4, -0.2) is 116 Å². The van der Waals surface area contributed by atoms with Gasteiger partial charge in [-0.2, -0.15) is 4.58 Å². The third-order valence-corrected chi connectivity index (χ3v) is 19.8. The number of carbonyl (C=O) groups excluding carboxylic acids is 2. The lowest BCUT2D eigenvalue weighted by atomic mass is 9.81. The minimum Gasteiger partial charge on any atom is -0.748 e. The normalized spacial score (nSPS) is 18.2. The number of unbranched alkanes of at least 4 members (excludes halogenated alkanes) is 4. The molecule has 2 aromatic rings. The van der Waals surface area contributed by atoms with E-state index in [9.17, 15) is 64.2 Å². The summed E-state index contributed by atoms with van der Waals surface area (Å²) in [6.45, 7) is 10.2. The van der Waals surface area contributed by atoms with Crippen LogP contribution in [0.25, 0.3) is 0 Å². The molecule has 0 unspecified atom stereocenters. The molecule has 2 heterocycles. The van der Waals surface area contributed by atoms with E-state index in [1.54, 1.807) is 11.8 Å². The van der Waals surface area contributed by atoms with Crippen LogP contribution in [0.3, 0.4) is 0 Å². The second-order valence-corrected chi connectivity index (χ2v) is 27.6. The number of nitrogens with one attached hydrogen (secondary N) is 2. The first-order valence-electron chi connectivity index (χ1n) is 24.2. The van der Waals surface area contributed by atoms with Crippen molar-refractivity contribution in [3.63, 3.8) is 0 Å². The second-order valence-electron chi connectivity index (χ2n) is 19.4. The van der Waals surface area contributed by atoms with Gasteiger partial charge in [0.25, 0.3) is 0 Å². The second kappa shape index (κ2) is 25.2. The van der Waals surface area contributed by atoms with Crippen LogP contribution >= 0.6 is 27.0 Å². The minimum atomic E-state index is -5.22. The third kappa shape index (κ3) is 16.6. The quantitative estimate of drug-likeness (QED) is 0.0229. The van der Waals surface area contributed by atoms with Gasteiger partial charge < -0.3 is 44.2 Å². The van der Waals surface area contributed by atoms with Crippen LogP contribution in [0, 0.1) is 0 Å². The van der Waals surface area contributed by atoms with Gasteiger partial charge in [0.15, 0.2) is 11.1 Å². The van der Waals surface area contributed by atoms with E-state index in [1.165, 1.54) is 0 Å². The molecule has 0 saturated carbocycles. The zero-order chi connectivity index (χ0) is 53.1. The number of fused-ring (bicyclic) bond motifs is 2. The highest BCUT2D eigenvalue weighted by Gasteiger charge is 2.45. The molecule has 0 bridgehead atoms. The molecule has 0 spiro atoms. The Balaban J connectivity index is 1.35. The van der Waals surface area contributed by atoms with Crippen LogP contribution < -0.4 is 15.5 Å². The number of hydrogen-bond acceptors (Lipinski definition) is 12. The van der Waals surface area contributed by atoms with Gasteiger partial charge in [0.1, 0.15) is 6.54 Å². The van der Waals surface area contributed by atoms with Gasteiger partial charge in [-0.25, -0.2) is 16.8 Å². The van der Waals surface area contributed by atoms with Crippen LogP contribution in [0.5, 0.6) is 0 Å². The highest BCUT2D eigenvalue weighted by molar-refractivity contribution is 8.03. The van der Waals surface area contributed by atoms with Gasteiger partial charge >= 0.3 is 15.2 Å². The molecule has 23 heteroatoms. The largest absolute Gasteiger partial charge is 0.748 e. The van der Waals surface area contributed by atoms with E-state index in [0.717, 1.165) is 69.2 Å². The molecule has 2 amide bonds. The maximum atomic E-state index is 13.2. The number of benzene rings is 2. The van der Waals surface area contributed by atoms with E-state index in [2.05, 4.69) is 96.4 Å². The fourth-order valence-corrected chi connectivity index (χ4v) is 14.2. The summed E-state index contributed by atoms with van der Waals surface area (Å²) in [7, 11) is -19.1. The molecule has 18 nitrogen and oxygen atoms in total. The molecule has 398 valence electrons. The van der Waals surface area contributed by atoms with Crippen LogP contribution in [-0.2, 0) is 49.8 Å². The summed E-state index contributed by atoms with van der Waals surface area (Å²) in [5, 5.41) is 2.96. The first-order chi connectivity index (χ1) is 33.6. The lowest BCUT2D eigenvalue weighted by Gasteiger charge is -2.27. The van der Waals surface area contributed by atoms with Crippen LogP contribution in [0.1, 0.15) is 116 Å². The first-order valence-corrected chi connectivity index (χ1v) is 31.7. The number of nitrogens with zero attached hydrogens (tertiary/aromatic N) is 2. The number of anilines is 1. The van der Waals surface area contributed by atoms with Crippen molar-refractivity contribution >= 4 is 76.1 Å². The fourth-order valence-electron chi connectivity index (χ4n) is 9.51. The molecule has 0 saturated heterocycles. The van der Waals surface area contributed by atoms with Gasteiger partial charge in [0, 0.05) is 89.1 Å². The highest BCUT2D eigenvalue weighted by atomic mass is 32.2. The van der Waals surface area contributed by atoms with E-state index in [4.69, 9.17) is 0 Å². The minimum absolute atomic E-state index is 0.116. The summed E-state index contributed by atoms with van der Waals surface area (Å²) in [4.78, 5) is 65.7. The SMILES string of the molecule is CC1(C)C(/C=C/C2=C(SCCC(=O)NCCCCCNC(=O)CC(P(=O)(O)O)P(=O)(O)O)C(=C/C=C3/N(CCCCS(=O)(=O)[O-])c4ccccc4C3(C)C)/CCC2)=[N+](CCCCS(=O)(=O)[O-])c2ccccc21. The molecular weight excluding hydrogens is 1030 g/mol. The van der Waals surface area contributed by atoms with Crippen molar-refractivity contribution in [2.45, 2.75) is 121 Å². The Kier molecular flexibility index (Phi) is 20.7. The summed E-state index contributed by atoms with van der Waals surface area (Å²) in [5.74, 6) is -1.43. The number of rotatable bonds is 27. The van der Waals surface area contributed by atoms with Crippen LogP contribution in [0.4, 0.5) is 11.4 Å². The average Bonchev–Trinajstić information content (AvgIpc) is 3.63. The van der Waals surface area contributed by atoms with Crippen LogP contribution in [0.2, 0.25) is 0 Å². The molecule has 0 aromatic heterocycles. The molecule has 5 rings (SSSR count). The average molecular weight is 1100 g/mol. The summed E-state index contributed by atoms with van der Waals surface area (Å²) in [5.41, 5.74) is 7.79. The summed E-state index contributed by atoms with van der Waals surface area (Å²) in [6, 6.07) is 16.2. The topological polar surface area (TPSA) is 294 Å². The Morgan fingerprint density at radius 1 is 0.764 bits per heavy atom. The number of carbonyl (C=O) groups is 2. The molecule has 2 aliphatic heterocycles. The highest BCUT2D eigenvalue weighted by Crippen LogP contribution is 2.61. The molecular formula is C49H69N4O14P2S3-. The molecule has 2 aromatic carbocycles. The Bertz CT molecular complexity index is 2770. The summed E-state index contributed by atoms with van der Waals surface area (Å²) < 4.78 is 93.7. The standard InChI is InChI=1S/C49H70N4O14P2S3/c1-48(2)38-19-6-8-21-40(38)52(30-12-14-33-71(62,63)64)42(48)25-23-36-17-16-18-37(24-26-43-49(3,4)39-20-7-9-22-41(39)53(43)31-13-15-34-72(65,66)67)47(36)70-32-27-44(54)50-28-10-5-11-29-51-45(55)35-46(68(56,57)58)69(59,60)61/h6-9,19-26,46H,5,10-18,27-35H2,1-4H3,(H7-,50,51,54,55,56,57,58,59,60,61,62,63,64,65,66,67)/p-1. The number of allylic oxidation sites excluding steroid dienone is 7. The van der Waals surface area contributed by atoms with E-state index in [1.807, 2.05) is 24.3 Å². The van der Waals surface area contributed by atoms with Crippen molar-refractivity contribution in [1.29, 1.82) is 0 Å². The van der Waals surface area contributed by atoms with E-state index >= 15 is 0 Å². The zero-order valence-corrected chi connectivity index (χ0v) is 45.6. The van der Waals surface area contributed by atoms with Gasteiger partial charge in [0.2, 0.25) is 17.5 Å². The molecule has 0 fully saturated rings. The van der Waals surface area contributed by atoms with E-state index in [-0.39, 0.29) is 31.7 Å². The van der Waals surface area contributed by atoms with Gasteiger partial charge in [-0.05, 0) is 100 Å². The summed E-state index contributed by atoms with van der Waals surface area (Å²) in [6.07, 6.45) is 13.3. The monoisotopic (exact) mass is 1100 g/mol. The molecule has 3 aliphatic rings. The zero-order valence-electron chi connectivity index (χ0n) is 41.3. The van der Waals surface area contributed by atoms with Gasteiger partial charge in [-0.15, -0.1) is 11.8 Å². The van der Waals surface area contributed by atoms with E-state index < -0.39 is 75.5 Å². The predicted octanol–water partition coefficient (Wildman–Crippen LogP) is 6.91. The molecule has 72 heavy (non-hydrogen) atoms. The van der Waals surface area contributed by atoms with Crippen molar-refractivity contribution in [2.24, 2.45) is 0 Å². The maximum absolute atomic E-state index is 13.2. The number of para-hydroxylation sites is 2. The maximum Gasteiger partial charge on any atom is 0.341 e. The van der Waals surface area contributed by atoms with Crippen molar-refractivity contribution in [2.75, 3.05) is 48.3 Å². The predicted molar refractivity (Wildman–Crippen MR) is 279 cm³/mol. The third-order valence-electron chi connectivity index (χ3n) is 13.2. The van der Waals surface area contributed by atoms with Gasteiger partial charge in [-0.3, -0.25) is 18.7 Å². The lowest BCUT2D eigenvalue weighted by molar-refractivity contribution is -0.438. The van der Waals surface area contributed by atoms with Gasteiger partial charge in [-0.1, -0.05) is 62.4 Å². The number of thioether (sulfide) groups is 1. The molecule has 0 atom stereocenters. The molecule has 6 N–H and O–H groups in total. The van der Waals surface area contributed by atoms with Crippen molar-refractivity contribution in [3.05, 3.63) is 106 Å². The Morgan fingerprint density at radius 3 is 2.00 bits per heavy atom. The Hall–Kier alpha value is -3.72. The Morgan fingerprint density at radius 2 is 1.36 bits per heavy atom. The van der Waals surface area contributed by atoms with Crippen molar-refractivity contribution in [1.82, 2.24) is 10.6 Å². The smallest absolute Gasteiger partial charge is 0.341 e. The summed E-state index contributed by atoms with van der Waals surface area (Å²) >= 11 is 1.60. The van der Waals surface area contributed by atoms with Crippen molar-refractivity contribution in [3.8, 4) is 0 Å². The first kappa shape index (κ1) is 59.2. The Labute approximate surface area is 428 Å². The van der Waals surface area contributed by atoms with Gasteiger partial charge in [0.05, 0.1) is 32.1 Å². The lowest BCUT2D eigenvalue weighted by Crippen LogP contribution is -2.28.